The molecule has 0 bridgehead atoms. The van der Waals surface area contributed by atoms with E-state index < -0.39 is 0 Å². The minimum absolute atomic E-state index is 0.0121. The Kier molecular flexibility index (Phi) is 4.86. The SMILES string of the molecule is Cc1nc(CCN(C)C(=O)C2CNNC2c2cccc(F)c2)no1. The zero-order valence-electron chi connectivity index (χ0n) is 13.6. The smallest absolute Gasteiger partial charge is 0.228 e. The van der Waals surface area contributed by atoms with E-state index in [4.69, 9.17) is 4.52 Å². The van der Waals surface area contributed by atoms with Gasteiger partial charge in [0.05, 0.1) is 12.0 Å². The van der Waals surface area contributed by atoms with Gasteiger partial charge >= 0.3 is 0 Å². The van der Waals surface area contributed by atoms with Crippen LogP contribution in [0.15, 0.2) is 28.8 Å². The maximum atomic E-state index is 13.5. The Bertz CT molecular complexity index is 720. The lowest BCUT2D eigenvalue weighted by molar-refractivity contribution is -0.134. The standard InChI is InChI=1S/C16H20FN5O2/c1-10-19-14(21-24-10)6-7-22(2)16(23)13-9-18-20-15(13)11-4-3-5-12(17)8-11/h3-5,8,13,15,18,20H,6-7,9H2,1-2H3. The summed E-state index contributed by atoms with van der Waals surface area (Å²) in [5.74, 6) is 0.463. The second-order valence-electron chi connectivity index (χ2n) is 5.90. The Morgan fingerprint density at radius 1 is 1.50 bits per heavy atom. The van der Waals surface area contributed by atoms with Gasteiger partial charge in [-0.1, -0.05) is 17.3 Å². The fraction of sp³-hybridized carbons (Fsp3) is 0.438. The summed E-state index contributed by atoms with van der Waals surface area (Å²) in [6.07, 6.45) is 0.526. The molecule has 7 nitrogen and oxygen atoms in total. The third-order valence-corrected chi connectivity index (χ3v) is 4.12. The van der Waals surface area contributed by atoms with Crippen molar-refractivity contribution in [3.05, 3.63) is 47.4 Å². The lowest BCUT2D eigenvalue weighted by atomic mass is 9.93. The van der Waals surface area contributed by atoms with Crippen molar-refractivity contribution in [1.29, 1.82) is 0 Å². The third kappa shape index (κ3) is 3.60. The van der Waals surface area contributed by atoms with Crippen LogP contribution in [0.5, 0.6) is 0 Å². The number of rotatable bonds is 5. The zero-order valence-corrected chi connectivity index (χ0v) is 13.6. The first kappa shape index (κ1) is 16.5. The summed E-state index contributed by atoms with van der Waals surface area (Å²) in [4.78, 5) is 18.5. The van der Waals surface area contributed by atoms with Crippen LogP contribution >= 0.6 is 0 Å². The number of carbonyl (C=O) groups is 1. The molecule has 2 unspecified atom stereocenters. The summed E-state index contributed by atoms with van der Waals surface area (Å²) in [5, 5.41) is 3.83. The fourth-order valence-corrected chi connectivity index (χ4v) is 2.85. The molecule has 2 aromatic rings. The largest absolute Gasteiger partial charge is 0.345 e. The first-order valence-electron chi connectivity index (χ1n) is 7.82. The third-order valence-electron chi connectivity index (χ3n) is 4.12. The monoisotopic (exact) mass is 333 g/mol. The van der Waals surface area contributed by atoms with E-state index in [0.29, 0.717) is 31.2 Å². The van der Waals surface area contributed by atoms with Crippen LogP contribution in [-0.2, 0) is 11.2 Å². The minimum Gasteiger partial charge on any atom is -0.345 e. The van der Waals surface area contributed by atoms with Gasteiger partial charge in [-0.15, -0.1) is 0 Å². The molecule has 0 radical (unpaired) electrons. The van der Waals surface area contributed by atoms with Crippen molar-refractivity contribution in [2.75, 3.05) is 20.1 Å². The molecule has 1 aromatic carbocycles. The average Bonchev–Trinajstić information content (AvgIpc) is 3.20. The van der Waals surface area contributed by atoms with E-state index in [0.717, 1.165) is 5.56 Å². The predicted molar refractivity (Wildman–Crippen MR) is 84.1 cm³/mol. The number of halogens is 1. The summed E-state index contributed by atoms with van der Waals surface area (Å²) in [5.41, 5.74) is 6.80. The van der Waals surface area contributed by atoms with Gasteiger partial charge in [-0.05, 0) is 17.7 Å². The summed E-state index contributed by atoms with van der Waals surface area (Å²) >= 11 is 0. The summed E-state index contributed by atoms with van der Waals surface area (Å²) < 4.78 is 18.4. The molecular formula is C16H20FN5O2. The van der Waals surface area contributed by atoms with Gasteiger partial charge in [0.1, 0.15) is 5.82 Å². The van der Waals surface area contributed by atoms with Crippen LogP contribution in [0.4, 0.5) is 4.39 Å². The molecule has 1 aliphatic heterocycles. The lowest BCUT2D eigenvalue weighted by Gasteiger charge is -2.24. The minimum atomic E-state index is -0.312. The van der Waals surface area contributed by atoms with E-state index in [-0.39, 0.29) is 23.7 Å². The van der Waals surface area contributed by atoms with Gasteiger partial charge in [-0.3, -0.25) is 10.2 Å². The van der Waals surface area contributed by atoms with E-state index in [1.54, 1.807) is 24.9 Å². The average molecular weight is 333 g/mol. The molecule has 2 atom stereocenters. The molecule has 8 heteroatoms. The number of hydrogen-bond acceptors (Lipinski definition) is 6. The number of hydrogen-bond donors (Lipinski definition) is 2. The summed E-state index contributed by atoms with van der Waals surface area (Å²) in [7, 11) is 1.75. The Balaban J connectivity index is 1.64. The van der Waals surface area contributed by atoms with Gasteiger partial charge in [0.15, 0.2) is 5.82 Å². The Morgan fingerprint density at radius 3 is 3.04 bits per heavy atom. The van der Waals surface area contributed by atoms with Crippen molar-refractivity contribution < 1.29 is 13.7 Å². The highest BCUT2D eigenvalue weighted by Crippen LogP contribution is 2.26. The molecule has 1 amide bonds. The molecule has 128 valence electrons. The topological polar surface area (TPSA) is 83.3 Å². The van der Waals surface area contributed by atoms with Gasteiger partial charge in [0.2, 0.25) is 11.8 Å². The fourth-order valence-electron chi connectivity index (χ4n) is 2.85. The highest BCUT2D eigenvalue weighted by molar-refractivity contribution is 5.80. The molecule has 1 aliphatic rings. The van der Waals surface area contributed by atoms with Crippen LogP contribution < -0.4 is 10.9 Å². The van der Waals surface area contributed by atoms with E-state index in [2.05, 4.69) is 21.0 Å². The number of nitrogens with one attached hydrogen (secondary N) is 2. The normalized spacial score (nSPS) is 20.3. The van der Waals surface area contributed by atoms with Gasteiger partial charge in [-0.2, -0.15) is 4.98 Å². The Morgan fingerprint density at radius 2 is 2.33 bits per heavy atom. The molecule has 2 heterocycles. The molecule has 1 saturated heterocycles. The summed E-state index contributed by atoms with van der Waals surface area (Å²) in [6.45, 7) is 2.71. The van der Waals surface area contributed by atoms with Crippen molar-refractivity contribution in [3.8, 4) is 0 Å². The quantitative estimate of drug-likeness (QED) is 0.849. The first-order valence-corrected chi connectivity index (χ1v) is 7.82. The van der Waals surface area contributed by atoms with E-state index in [1.807, 2.05) is 6.07 Å². The van der Waals surface area contributed by atoms with Crippen LogP contribution in [0, 0.1) is 18.7 Å². The number of benzene rings is 1. The van der Waals surface area contributed by atoms with Crippen LogP contribution in [0.1, 0.15) is 23.3 Å². The highest BCUT2D eigenvalue weighted by Gasteiger charge is 2.35. The number of hydrazine groups is 1. The molecule has 0 spiro atoms. The zero-order chi connectivity index (χ0) is 17.1. The first-order chi connectivity index (χ1) is 11.5. The maximum absolute atomic E-state index is 13.5. The number of carbonyl (C=O) groups excluding carboxylic acids is 1. The van der Waals surface area contributed by atoms with Gasteiger partial charge in [-0.25, -0.2) is 9.82 Å². The van der Waals surface area contributed by atoms with Crippen molar-refractivity contribution in [1.82, 2.24) is 25.9 Å². The summed E-state index contributed by atoms with van der Waals surface area (Å²) in [6, 6.07) is 6.04. The highest BCUT2D eigenvalue weighted by atomic mass is 19.1. The predicted octanol–water partition coefficient (Wildman–Crippen LogP) is 0.983. The lowest BCUT2D eigenvalue weighted by Crippen LogP contribution is -2.37. The second kappa shape index (κ2) is 7.06. The van der Waals surface area contributed by atoms with Gasteiger partial charge in [0.25, 0.3) is 0 Å². The van der Waals surface area contributed by atoms with Crippen molar-refractivity contribution in [3.63, 3.8) is 0 Å². The van der Waals surface area contributed by atoms with Crippen molar-refractivity contribution in [2.45, 2.75) is 19.4 Å². The Labute approximate surface area is 139 Å². The molecule has 0 aliphatic carbocycles. The van der Waals surface area contributed by atoms with Crippen molar-refractivity contribution in [2.24, 2.45) is 5.92 Å². The molecule has 1 aromatic heterocycles. The number of amides is 1. The van der Waals surface area contributed by atoms with E-state index >= 15 is 0 Å². The van der Waals surface area contributed by atoms with Gasteiger partial charge < -0.3 is 9.42 Å². The molecule has 1 fully saturated rings. The number of aromatic nitrogens is 2. The van der Waals surface area contributed by atoms with Crippen LogP contribution in [0.2, 0.25) is 0 Å². The van der Waals surface area contributed by atoms with Crippen LogP contribution in [-0.4, -0.2) is 41.1 Å². The van der Waals surface area contributed by atoms with Crippen LogP contribution in [0.3, 0.4) is 0 Å². The number of likely N-dealkylation sites (N-methyl/N-ethyl adjacent to an activating group) is 1. The molecular weight excluding hydrogens is 313 g/mol. The molecule has 2 N–H and O–H groups in total. The Hall–Kier alpha value is -2.32. The second-order valence-corrected chi connectivity index (χ2v) is 5.90. The van der Waals surface area contributed by atoms with Crippen molar-refractivity contribution >= 4 is 5.91 Å². The van der Waals surface area contributed by atoms with Gasteiger partial charge in [0, 0.05) is 33.5 Å². The van der Waals surface area contributed by atoms with E-state index in [1.165, 1.54) is 12.1 Å². The molecule has 0 saturated carbocycles. The maximum Gasteiger partial charge on any atom is 0.228 e. The number of nitrogens with zero attached hydrogens (tertiary/aromatic N) is 3. The molecule has 3 rings (SSSR count). The molecule has 24 heavy (non-hydrogen) atoms. The number of aryl methyl sites for hydroxylation is 1. The van der Waals surface area contributed by atoms with Crippen LogP contribution in [0.25, 0.3) is 0 Å². The van der Waals surface area contributed by atoms with E-state index in [9.17, 15) is 9.18 Å².